The molecule has 0 amide bonds. The third kappa shape index (κ3) is 2.21. The number of carboxylic acid groups (broad SMARTS) is 1. The van der Waals surface area contributed by atoms with Crippen LogP contribution in [0.25, 0.3) is 11.5 Å². The van der Waals surface area contributed by atoms with E-state index in [2.05, 4.69) is 15.1 Å². The molecule has 6 nitrogen and oxygen atoms in total. The number of carbonyl (C=O) groups is 1. The molecule has 0 bridgehead atoms. The highest BCUT2D eigenvalue weighted by Crippen LogP contribution is 2.39. The average Bonchev–Trinajstić information content (AvgIpc) is 3.08. The van der Waals surface area contributed by atoms with Gasteiger partial charge in [-0.15, -0.1) is 0 Å². The van der Waals surface area contributed by atoms with Crippen LogP contribution in [-0.4, -0.2) is 26.2 Å². The van der Waals surface area contributed by atoms with E-state index >= 15 is 0 Å². The molecule has 1 fully saturated rings. The molecule has 6 heteroatoms. The first kappa shape index (κ1) is 11.8. The highest BCUT2D eigenvalue weighted by atomic mass is 16.5. The van der Waals surface area contributed by atoms with Gasteiger partial charge in [0.1, 0.15) is 5.69 Å². The fraction of sp³-hybridized carbons (Fsp3) is 0.385. The Morgan fingerprint density at radius 3 is 3.00 bits per heavy atom. The van der Waals surface area contributed by atoms with Crippen LogP contribution in [0.4, 0.5) is 0 Å². The van der Waals surface area contributed by atoms with E-state index in [-0.39, 0.29) is 5.92 Å². The van der Waals surface area contributed by atoms with Crippen LogP contribution in [0.1, 0.15) is 31.1 Å². The van der Waals surface area contributed by atoms with Gasteiger partial charge in [0.05, 0.1) is 11.8 Å². The Morgan fingerprint density at radius 2 is 2.26 bits per heavy atom. The zero-order valence-corrected chi connectivity index (χ0v) is 10.2. The lowest BCUT2D eigenvalue weighted by Gasteiger charge is -2.09. The Hall–Kier alpha value is -2.24. The molecular formula is C13H13N3O3. The van der Waals surface area contributed by atoms with Gasteiger partial charge in [-0.1, -0.05) is 17.6 Å². The van der Waals surface area contributed by atoms with Gasteiger partial charge in [-0.05, 0) is 25.0 Å². The summed E-state index contributed by atoms with van der Waals surface area (Å²) in [4.78, 5) is 19.6. The molecule has 98 valence electrons. The molecule has 2 aromatic rings. The van der Waals surface area contributed by atoms with Gasteiger partial charge < -0.3 is 9.63 Å². The predicted octanol–water partition coefficient (Wildman–Crippen LogP) is 2.10. The molecule has 2 atom stereocenters. The number of aromatic nitrogens is 3. The monoisotopic (exact) mass is 259 g/mol. The zero-order chi connectivity index (χ0) is 13.2. The number of carboxylic acids is 1. The van der Waals surface area contributed by atoms with E-state index in [0.29, 0.717) is 23.8 Å². The third-order valence-corrected chi connectivity index (χ3v) is 3.49. The minimum atomic E-state index is -0.792. The van der Waals surface area contributed by atoms with Gasteiger partial charge >= 0.3 is 5.97 Å². The number of hydrogen-bond acceptors (Lipinski definition) is 5. The minimum absolute atomic E-state index is 0.178. The maximum absolute atomic E-state index is 11.2. The Bertz CT molecular complexity index is 582. The van der Waals surface area contributed by atoms with Gasteiger partial charge in [0.25, 0.3) is 0 Å². The average molecular weight is 259 g/mol. The second kappa shape index (κ2) is 4.79. The van der Waals surface area contributed by atoms with Crippen LogP contribution in [0, 0.1) is 5.92 Å². The summed E-state index contributed by atoms with van der Waals surface area (Å²) in [5.74, 6) is -0.572. The molecule has 2 unspecified atom stereocenters. The normalized spacial score (nSPS) is 22.5. The fourth-order valence-corrected chi connectivity index (χ4v) is 2.54. The van der Waals surface area contributed by atoms with Gasteiger partial charge in [-0.2, -0.15) is 4.98 Å². The first-order valence-electron chi connectivity index (χ1n) is 6.23. The van der Waals surface area contributed by atoms with Gasteiger partial charge in [-0.25, -0.2) is 0 Å². The van der Waals surface area contributed by atoms with Crippen molar-refractivity contribution in [2.45, 2.75) is 25.2 Å². The van der Waals surface area contributed by atoms with E-state index < -0.39 is 11.9 Å². The second-order valence-electron chi connectivity index (χ2n) is 4.65. The van der Waals surface area contributed by atoms with Gasteiger partial charge in [0.15, 0.2) is 0 Å². The summed E-state index contributed by atoms with van der Waals surface area (Å²) in [6.07, 6.45) is 3.98. The van der Waals surface area contributed by atoms with Crippen molar-refractivity contribution < 1.29 is 14.4 Å². The molecule has 0 aromatic carbocycles. The van der Waals surface area contributed by atoms with Crippen molar-refractivity contribution in [1.29, 1.82) is 0 Å². The molecule has 0 spiro atoms. The molecule has 0 aliphatic heterocycles. The number of nitrogens with zero attached hydrogens (tertiary/aromatic N) is 3. The summed E-state index contributed by atoms with van der Waals surface area (Å²) >= 11 is 0. The van der Waals surface area contributed by atoms with Crippen molar-refractivity contribution in [3.05, 3.63) is 30.3 Å². The van der Waals surface area contributed by atoms with Gasteiger partial charge in [0.2, 0.25) is 11.7 Å². The summed E-state index contributed by atoms with van der Waals surface area (Å²) < 4.78 is 5.22. The maximum atomic E-state index is 11.2. The topological polar surface area (TPSA) is 89.1 Å². The Balaban J connectivity index is 1.87. The van der Waals surface area contributed by atoms with Crippen LogP contribution in [0.5, 0.6) is 0 Å². The molecule has 3 rings (SSSR count). The predicted molar refractivity (Wildman–Crippen MR) is 65.2 cm³/mol. The number of aliphatic carboxylic acids is 1. The quantitative estimate of drug-likeness (QED) is 0.907. The molecule has 1 aliphatic carbocycles. The van der Waals surface area contributed by atoms with Gasteiger partial charge in [0, 0.05) is 6.20 Å². The van der Waals surface area contributed by atoms with Crippen LogP contribution in [0.15, 0.2) is 28.9 Å². The summed E-state index contributed by atoms with van der Waals surface area (Å²) in [5.41, 5.74) is 0.627. The van der Waals surface area contributed by atoms with Crippen molar-refractivity contribution in [3.63, 3.8) is 0 Å². The molecule has 1 N–H and O–H groups in total. The van der Waals surface area contributed by atoms with Crippen LogP contribution < -0.4 is 0 Å². The summed E-state index contributed by atoms with van der Waals surface area (Å²) in [6, 6.07) is 5.44. The Kier molecular flexibility index (Phi) is 2.98. The molecule has 1 aliphatic rings. The van der Waals surface area contributed by atoms with E-state index in [1.807, 2.05) is 12.1 Å². The first-order chi connectivity index (χ1) is 9.25. The number of hydrogen-bond donors (Lipinski definition) is 1. The van der Waals surface area contributed by atoms with E-state index in [0.717, 1.165) is 12.8 Å². The highest BCUT2D eigenvalue weighted by molar-refractivity contribution is 5.71. The van der Waals surface area contributed by atoms with Crippen LogP contribution in [0.3, 0.4) is 0 Å². The van der Waals surface area contributed by atoms with Crippen molar-refractivity contribution in [2.24, 2.45) is 5.92 Å². The molecule has 0 saturated heterocycles. The minimum Gasteiger partial charge on any atom is -0.481 e. The Labute approximate surface area is 109 Å². The van der Waals surface area contributed by atoms with Crippen molar-refractivity contribution >= 4 is 5.97 Å². The summed E-state index contributed by atoms with van der Waals surface area (Å²) in [6.45, 7) is 0. The van der Waals surface area contributed by atoms with E-state index in [1.165, 1.54) is 0 Å². The van der Waals surface area contributed by atoms with Crippen LogP contribution >= 0.6 is 0 Å². The van der Waals surface area contributed by atoms with Crippen LogP contribution in [-0.2, 0) is 4.79 Å². The highest BCUT2D eigenvalue weighted by Gasteiger charge is 2.37. The molecule has 2 heterocycles. The summed E-state index contributed by atoms with van der Waals surface area (Å²) in [5, 5.41) is 13.0. The van der Waals surface area contributed by atoms with E-state index in [4.69, 9.17) is 9.63 Å². The van der Waals surface area contributed by atoms with Gasteiger partial charge in [-0.3, -0.25) is 9.78 Å². The van der Waals surface area contributed by atoms with E-state index in [9.17, 15) is 4.79 Å². The lowest BCUT2D eigenvalue weighted by atomic mass is 9.96. The first-order valence-corrected chi connectivity index (χ1v) is 6.23. The SMILES string of the molecule is O=C(O)C1CCCC1c1nc(-c2ccccn2)no1. The third-order valence-electron chi connectivity index (χ3n) is 3.49. The maximum Gasteiger partial charge on any atom is 0.307 e. The fourth-order valence-electron chi connectivity index (χ4n) is 2.54. The molecule has 19 heavy (non-hydrogen) atoms. The largest absolute Gasteiger partial charge is 0.481 e. The van der Waals surface area contributed by atoms with Crippen molar-refractivity contribution in [2.75, 3.05) is 0 Å². The second-order valence-corrected chi connectivity index (χ2v) is 4.65. The van der Waals surface area contributed by atoms with Crippen LogP contribution in [0.2, 0.25) is 0 Å². The number of pyridine rings is 1. The number of rotatable bonds is 3. The smallest absolute Gasteiger partial charge is 0.307 e. The zero-order valence-electron chi connectivity index (χ0n) is 10.2. The van der Waals surface area contributed by atoms with E-state index in [1.54, 1.807) is 12.3 Å². The molecule has 2 aromatic heterocycles. The standard InChI is InChI=1S/C13H13N3O3/c17-13(18)9-5-3-4-8(9)12-15-11(16-19-12)10-6-1-2-7-14-10/h1-2,6-9H,3-5H2,(H,17,18). The molecule has 1 saturated carbocycles. The lowest BCUT2D eigenvalue weighted by molar-refractivity contribution is -0.142. The lowest BCUT2D eigenvalue weighted by Crippen LogP contribution is -2.17. The summed E-state index contributed by atoms with van der Waals surface area (Å²) in [7, 11) is 0. The van der Waals surface area contributed by atoms with Crippen molar-refractivity contribution in [3.8, 4) is 11.5 Å². The molecule has 0 radical (unpaired) electrons. The Morgan fingerprint density at radius 1 is 1.37 bits per heavy atom. The molecular weight excluding hydrogens is 246 g/mol. The van der Waals surface area contributed by atoms with Crippen molar-refractivity contribution in [1.82, 2.24) is 15.1 Å².